The molecule has 0 radical (unpaired) electrons. The molecular formula is C12H18N2O3S. The lowest BCUT2D eigenvalue weighted by molar-refractivity contribution is -0.141. The van der Waals surface area contributed by atoms with Gasteiger partial charge in [0.05, 0.1) is 5.92 Å². The van der Waals surface area contributed by atoms with Crippen LogP contribution < -0.4 is 10.6 Å². The van der Waals surface area contributed by atoms with Gasteiger partial charge in [0.2, 0.25) is 0 Å². The van der Waals surface area contributed by atoms with Crippen molar-refractivity contribution in [1.29, 1.82) is 0 Å². The molecule has 0 fully saturated rings. The number of rotatable bonds is 7. The highest BCUT2D eigenvalue weighted by Crippen LogP contribution is 2.05. The van der Waals surface area contributed by atoms with Crippen LogP contribution in [0.25, 0.3) is 0 Å². The molecule has 6 heteroatoms. The van der Waals surface area contributed by atoms with Crippen LogP contribution >= 0.6 is 11.3 Å². The Morgan fingerprint density at radius 2 is 2.22 bits per heavy atom. The SMILES string of the molecule is CCC(CNC(=O)NCCc1ccsc1)C(=O)O. The van der Waals surface area contributed by atoms with Crippen LogP contribution in [0.1, 0.15) is 18.9 Å². The lowest BCUT2D eigenvalue weighted by Crippen LogP contribution is -2.40. The van der Waals surface area contributed by atoms with Crippen molar-refractivity contribution in [2.24, 2.45) is 5.92 Å². The molecule has 0 aliphatic carbocycles. The second-order valence-corrected chi connectivity index (χ2v) is 4.74. The van der Waals surface area contributed by atoms with E-state index in [0.717, 1.165) is 6.42 Å². The van der Waals surface area contributed by atoms with Gasteiger partial charge in [0.25, 0.3) is 0 Å². The molecule has 0 aromatic carbocycles. The van der Waals surface area contributed by atoms with Crippen LogP contribution in [0.4, 0.5) is 4.79 Å². The molecule has 5 nitrogen and oxygen atoms in total. The molecule has 1 aromatic rings. The Bertz CT molecular complexity index is 379. The van der Waals surface area contributed by atoms with E-state index in [1.54, 1.807) is 18.3 Å². The van der Waals surface area contributed by atoms with Gasteiger partial charge in [0.1, 0.15) is 0 Å². The molecule has 1 aromatic heterocycles. The summed E-state index contributed by atoms with van der Waals surface area (Å²) in [6.45, 7) is 2.50. The third kappa shape index (κ3) is 5.18. The number of hydrogen-bond acceptors (Lipinski definition) is 3. The molecule has 0 saturated heterocycles. The molecule has 0 bridgehead atoms. The van der Waals surface area contributed by atoms with Crippen LogP contribution in [-0.2, 0) is 11.2 Å². The standard InChI is InChI=1S/C12H18N2O3S/c1-2-10(11(15)16)7-14-12(17)13-5-3-9-4-6-18-8-9/h4,6,8,10H,2-3,5,7H2,1H3,(H,15,16)(H2,13,14,17). The van der Waals surface area contributed by atoms with E-state index >= 15 is 0 Å². The van der Waals surface area contributed by atoms with Gasteiger partial charge in [-0.2, -0.15) is 11.3 Å². The van der Waals surface area contributed by atoms with Gasteiger partial charge in [-0.25, -0.2) is 4.79 Å². The fraction of sp³-hybridized carbons (Fsp3) is 0.500. The van der Waals surface area contributed by atoms with Crippen molar-refractivity contribution >= 4 is 23.3 Å². The lowest BCUT2D eigenvalue weighted by atomic mass is 10.1. The van der Waals surface area contributed by atoms with Gasteiger partial charge >= 0.3 is 12.0 Å². The number of amides is 2. The number of urea groups is 1. The number of aliphatic carboxylic acids is 1. The molecule has 2 amide bonds. The third-order valence-electron chi connectivity index (χ3n) is 2.63. The van der Waals surface area contributed by atoms with E-state index in [9.17, 15) is 9.59 Å². The number of carboxylic acid groups (broad SMARTS) is 1. The molecule has 18 heavy (non-hydrogen) atoms. The summed E-state index contributed by atoms with van der Waals surface area (Å²) in [6.07, 6.45) is 1.29. The van der Waals surface area contributed by atoms with E-state index < -0.39 is 11.9 Å². The molecule has 1 unspecified atom stereocenters. The van der Waals surface area contributed by atoms with Crippen LogP contribution in [0.5, 0.6) is 0 Å². The third-order valence-corrected chi connectivity index (χ3v) is 3.36. The summed E-state index contributed by atoms with van der Waals surface area (Å²) in [4.78, 5) is 22.1. The highest BCUT2D eigenvalue weighted by molar-refractivity contribution is 7.07. The zero-order chi connectivity index (χ0) is 13.4. The predicted molar refractivity (Wildman–Crippen MR) is 70.8 cm³/mol. The maximum absolute atomic E-state index is 11.4. The average molecular weight is 270 g/mol. The minimum Gasteiger partial charge on any atom is -0.481 e. The number of nitrogens with one attached hydrogen (secondary N) is 2. The highest BCUT2D eigenvalue weighted by atomic mass is 32.1. The summed E-state index contributed by atoms with van der Waals surface area (Å²) >= 11 is 1.63. The second kappa shape index (κ2) is 7.71. The van der Waals surface area contributed by atoms with Gasteiger partial charge in [-0.05, 0) is 35.2 Å². The minimum atomic E-state index is -0.879. The first-order valence-electron chi connectivity index (χ1n) is 5.89. The number of hydrogen-bond donors (Lipinski definition) is 3. The number of carbonyl (C=O) groups excluding carboxylic acids is 1. The van der Waals surface area contributed by atoms with Gasteiger partial charge in [0.15, 0.2) is 0 Å². The summed E-state index contributed by atoms with van der Waals surface area (Å²) in [5, 5.41) is 18.1. The quantitative estimate of drug-likeness (QED) is 0.705. The molecule has 1 heterocycles. The average Bonchev–Trinajstić information content (AvgIpc) is 2.82. The van der Waals surface area contributed by atoms with E-state index in [2.05, 4.69) is 10.6 Å². The summed E-state index contributed by atoms with van der Waals surface area (Å²) in [6, 6.07) is 1.70. The second-order valence-electron chi connectivity index (χ2n) is 3.96. The Hall–Kier alpha value is -1.56. The first-order chi connectivity index (χ1) is 8.63. The smallest absolute Gasteiger partial charge is 0.314 e. The molecule has 1 atom stereocenters. The van der Waals surface area contributed by atoms with Crippen LogP contribution in [0.3, 0.4) is 0 Å². The van der Waals surface area contributed by atoms with Crippen LogP contribution in [0, 0.1) is 5.92 Å². The fourth-order valence-electron chi connectivity index (χ4n) is 1.44. The van der Waals surface area contributed by atoms with Crippen molar-refractivity contribution in [3.8, 4) is 0 Å². The first-order valence-corrected chi connectivity index (χ1v) is 6.83. The van der Waals surface area contributed by atoms with E-state index in [1.807, 2.05) is 16.8 Å². The molecule has 0 saturated carbocycles. The maximum atomic E-state index is 11.4. The number of carbonyl (C=O) groups is 2. The van der Waals surface area contributed by atoms with Crippen molar-refractivity contribution in [1.82, 2.24) is 10.6 Å². The van der Waals surface area contributed by atoms with Gasteiger partial charge in [0, 0.05) is 13.1 Å². The van der Waals surface area contributed by atoms with Gasteiger partial charge in [-0.3, -0.25) is 4.79 Å². The van der Waals surface area contributed by atoms with Crippen molar-refractivity contribution in [2.75, 3.05) is 13.1 Å². The molecule has 0 aliphatic rings. The Balaban J connectivity index is 2.15. The van der Waals surface area contributed by atoms with Gasteiger partial charge in [-0.1, -0.05) is 6.92 Å². The topological polar surface area (TPSA) is 78.4 Å². The normalized spacial score (nSPS) is 11.8. The Labute approximate surface area is 110 Å². The van der Waals surface area contributed by atoms with Crippen LogP contribution in [-0.4, -0.2) is 30.2 Å². The van der Waals surface area contributed by atoms with Crippen LogP contribution in [0.2, 0.25) is 0 Å². The molecule has 100 valence electrons. The van der Waals surface area contributed by atoms with Crippen molar-refractivity contribution in [3.63, 3.8) is 0 Å². The van der Waals surface area contributed by atoms with Crippen molar-refractivity contribution < 1.29 is 14.7 Å². The van der Waals surface area contributed by atoms with Crippen molar-refractivity contribution in [2.45, 2.75) is 19.8 Å². The lowest BCUT2D eigenvalue weighted by Gasteiger charge is -2.11. The van der Waals surface area contributed by atoms with E-state index in [1.165, 1.54) is 5.56 Å². The fourth-order valence-corrected chi connectivity index (χ4v) is 2.14. The molecule has 0 aliphatic heterocycles. The molecule has 0 spiro atoms. The predicted octanol–water partition coefficient (Wildman–Crippen LogP) is 1.70. The summed E-state index contributed by atoms with van der Waals surface area (Å²) < 4.78 is 0. The molecule has 3 N–H and O–H groups in total. The van der Waals surface area contributed by atoms with Gasteiger partial charge < -0.3 is 15.7 Å². The summed E-state index contributed by atoms with van der Waals surface area (Å²) in [7, 11) is 0. The van der Waals surface area contributed by atoms with E-state index in [-0.39, 0.29) is 12.6 Å². The summed E-state index contributed by atoms with van der Waals surface area (Å²) in [5.74, 6) is -1.40. The van der Waals surface area contributed by atoms with Crippen LogP contribution in [0.15, 0.2) is 16.8 Å². The van der Waals surface area contributed by atoms with Crippen molar-refractivity contribution in [3.05, 3.63) is 22.4 Å². The van der Waals surface area contributed by atoms with E-state index in [4.69, 9.17) is 5.11 Å². The Morgan fingerprint density at radius 1 is 1.44 bits per heavy atom. The molecule has 1 rings (SSSR count). The largest absolute Gasteiger partial charge is 0.481 e. The van der Waals surface area contributed by atoms with Gasteiger partial charge in [-0.15, -0.1) is 0 Å². The Kier molecular flexibility index (Phi) is 6.21. The maximum Gasteiger partial charge on any atom is 0.314 e. The number of carboxylic acids is 1. The summed E-state index contributed by atoms with van der Waals surface area (Å²) in [5.41, 5.74) is 1.19. The Morgan fingerprint density at radius 3 is 2.78 bits per heavy atom. The zero-order valence-electron chi connectivity index (χ0n) is 10.3. The van der Waals surface area contributed by atoms with E-state index in [0.29, 0.717) is 13.0 Å². The first kappa shape index (κ1) is 14.5. The molecular weight excluding hydrogens is 252 g/mol. The highest BCUT2D eigenvalue weighted by Gasteiger charge is 2.15. The number of thiophene rings is 1. The zero-order valence-corrected chi connectivity index (χ0v) is 11.1. The minimum absolute atomic E-state index is 0.163. The monoisotopic (exact) mass is 270 g/mol.